The molecule has 102 valence electrons. The number of hydrogen-bond donors (Lipinski definition) is 2. The van der Waals surface area contributed by atoms with Crippen LogP contribution < -0.4 is 9.65 Å². The molecule has 0 saturated carbocycles. The summed E-state index contributed by atoms with van der Waals surface area (Å²) < 4.78 is 5.54. The van der Waals surface area contributed by atoms with E-state index in [4.69, 9.17) is 10.3 Å². The fourth-order valence-electron chi connectivity index (χ4n) is 1.57. The normalized spacial score (nSPS) is 12.4. The summed E-state index contributed by atoms with van der Waals surface area (Å²) in [6, 6.07) is 6.97. The van der Waals surface area contributed by atoms with Gasteiger partial charge in [0.2, 0.25) is 4.91 Å². The van der Waals surface area contributed by atoms with Crippen LogP contribution in [-0.2, 0) is 11.3 Å². The Morgan fingerprint density at radius 2 is 2.21 bits per heavy atom. The van der Waals surface area contributed by atoms with E-state index in [1.807, 2.05) is 26.8 Å². The second-order valence-electron chi connectivity index (χ2n) is 5.25. The van der Waals surface area contributed by atoms with Crippen molar-refractivity contribution in [1.29, 1.82) is 5.53 Å². The van der Waals surface area contributed by atoms with Crippen molar-refractivity contribution in [2.75, 3.05) is 0 Å². The molecule has 0 heterocycles. The molecule has 0 amide bonds. The van der Waals surface area contributed by atoms with Crippen molar-refractivity contribution >= 4 is 5.97 Å². The SMILES string of the molecule is CC(C)(C)C(Oc1cccc(CN=[N+]=N)c1)C(=O)O. The third-order valence-corrected chi connectivity index (χ3v) is 2.49. The van der Waals surface area contributed by atoms with Gasteiger partial charge in [-0.2, -0.15) is 0 Å². The Hall–Kier alpha value is -2.20. The monoisotopic (exact) mass is 264 g/mol. The average Bonchev–Trinajstić information content (AvgIpc) is 2.32. The van der Waals surface area contributed by atoms with Gasteiger partial charge in [0, 0.05) is 5.41 Å². The van der Waals surface area contributed by atoms with Crippen molar-refractivity contribution < 1.29 is 14.6 Å². The molecule has 6 heteroatoms. The largest absolute Gasteiger partial charge is 0.478 e. The summed E-state index contributed by atoms with van der Waals surface area (Å²) in [7, 11) is 0. The van der Waals surface area contributed by atoms with Crippen LogP contribution in [0.2, 0.25) is 0 Å². The van der Waals surface area contributed by atoms with E-state index in [0.29, 0.717) is 5.75 Å². The molecule has 2 N–H and O–H groups in total. The van der Waals surface area contributed by atoms with E-state index in [9.17, 15) is 9.90 Å². The first-order valence-electron chi connectivity index (χ1n) is 5.86. The summed E-state index contributed by atoms with van der Waals surface area (Å²) in [6.07, 6.45) is -0.930. The first-order valence-corrected chi connectivity index (χ1v) is 5.86. The Kier molecular flexibility index (Phi) is 4.78. The maximum Gasteiger partial charge on any atom is 0.345 e. The molecule has 0 aliphatic carbocycles. The number of hydrogen-bond acceptors (Lipinski definition) is 4. The van der Waals surface area contributed by atoms with Gasteiger partial charge in [0.1, 0.15) is 22.9 Å². The van der Waals surface area contributed by atoms with E-state index < -0.39 is 17.5 Å². The molecule has 0 bridgehead atoms. The molecule has 1 aromatic carbocycles. The number of benzene rings is 1. The van der Waals surface area contributed by atoms with Crippen LogP contribution in [0.4, 0.5) is 0 Å². The zero-order valence-corrected chi connectivity index (χ0v) is 11.3. The van der Waals surface area contributed by atoms with Crippen LogP contribution in [0.1, 0.15) is 26.3 Å². The van der Waals surface area contributed by atoms with Crippen LogP contribution in [0.15, 0.2) is 29.4 Å². The van der Waals surface area contributed by atoms with Crippen molar-refractivity contribution in [2.45, 2.75) is 33.4 Å². The molecule has 1 aromatic rings. The summed E-state index contributed by atoms with van der Waals surface area (Å²) >= 11 is 0. The lowest BCUT2D eigenvalue weighted by molar-refractivity contribution is -0.150. The summed E-state index contributed by atoms with van der Waals surface area (Å²) in [4.78, 5) is 14.2. The zero-order chi connectivity index (χ0) is 14.5. The molecule has 19 heavy (non-hydrogen) atoms. The molecular formula is C13H18N3O3+. The third kappa shape index (κ3) is 4.52. The Morgan fingerprint density at radius 1 is 1.53 bits per heavy atom. The first-order chi connectivity index (χ1) is 8.84. The van der Waals surface area contributed by atoms with Gasteiger partial charge in [-0.1, -0.05) is 32.9 Å². The lowest BCUT2D eigenvalue weighted by Crippen LogP contribution is -2.39. The number of aliphatic carboxylic acids is 1. The summed E-state index contributed by atoms with van der Waals surface area (Å²) in [5.74, 6) is -0.524. The van der Waals surface area contributed by atoms with E-state index in [1.165, 1.54) is 0 Å². The van der Waals surface area contributed by atoms with Gasteiger partial charge in [0.25, 0.3) is 0 Å². The molecule has 1 unspecified atom stereocenters. The van der Waals surface area contributed by atoms with Crippen LogP contribution in [0, 0.1) is 10.9 Å². The highest BCUT2D eigenvalue weighted by molar-refractivity contribution is 5.73. The van der Waals surface area contributed by atoms with Crippen LogP contribution in [0.5, 0.6) is 5.75 Å². The molecule has 0 radical (unpaired) electrons. The van der Waals surface area contributed by atoms with Gasteiger partial charge in [-0.05, 0) is 17.7 Å². The molecule has 0 aliphatic heterocycles. The van der Waals surface area contributed by atoms with Crippen LogP contribution >= 0.6 is 0 Å². The third-order valence-electron chi connectivity index (χ3n) is 2.49. The van der Waals surface area contributed by atoms with Gasteiger partial charge in [-0.3, -0.25) is 0 Å². The van der Waals surface area contributed by atoms with Gasteiger partial charge < -0.3 is 9.84 Å². The van der Waals surface area contributed by atoms with Gasteiger partial charge in [-0.25, -0.2) is 4.79 Å². The van der Waals surface area contributed by atoms with Crippen LogP contribution in [0.25, 0.3) is 0 Å². The maximum atomic E-state index is 11.2. The minimum atomic E-state index is -0.997. The van der Waals surface area contributed by atoms with Gasteiger partial charge >= 0.3 is 5.97 Å². The summed E-state index contributed by atoms with van der Waals surface area (Å²) in [5, 5.41) is 12.8. The lowest BCUT2D eigenvalue weighted by atomic mass is 9.89. The lowest BCUT2D eigenvalue weighted by Gasteiger charge is -2.27. The van der Waals surface area contributed by atoms with E-state index in [2.05, 4.69) is 10.0 Å². The van der Waals surface area contributed by atoms with Crippen LogP contribution in [-0.4, -0.2) is 17.2 Å². The first kappa shape index (κ1) is 14.9. The fraction of sp³-hybridized carbons (Fsp3) is 0.462. The zero-order valence-electron chi connectivity index (χ0n) is 11.3. The maximum absolute atomic E-state index is 11.2. The highest BCUT2D eigenvalue weighted by atomic mass is 16.5. The number of ether oxygens (including phenoxy) is 1. The molecule has 0 aliphatic rings. The van der Waals surface area contributed by atoms with Crippen molar-refractivity contribution in [2.24, 2.45) is 10.5 Å². The molecule has 0 fully saturated rings. The van der Waals surface area contributed by atoms with E-state index in [0.717, 1.165) is 5.56 Å². The molecule has 1 rings (SSSR count). The van der Waals surface area contributed by atoms with E-state index in [-0.39, 0.29) is 6.54 Å². The van der Waals surface area contributed by atoms with Crippen molar-refractivity contribution in [3.05, 3.63) is 29.8 Å². The smallest absolute Gasteiger partial charge is 0.345 e. The van der Waals surface area contributed by atoms with Crippen molar-refractivity contribution in [1.82, 2.24) is 4.91 Å². The number of rotatable bonds is 5. The number of carboxylic acids is 1. The van der Waals surface area contributed by atoms with E-state index >= 15 is 0 Å². The Labute approximate surface area is 111 Å². The fourth-order valence-corrected chi connectivity index (χ4v) is 1.57. The minimum Gasteiger partial charge on any atom is -0.478 e. The molecular weight excluding hydrogens is 246 g/mol. The van der Waals surface area contributed by atoms with Crippen LogP contribution in [0.3, 0.4) is 0 Å². The predicted molar refractivity (Wildman–Crippen MR) is 68.9 cm³/mol. The molecule has 0 spiro atoms. The number of carbonyl (C=O) groups is 1. The second-order valence-corrected chi connectivity index (χ2v) is 5.25. The quantitative estimate of drug-likeness (QED) is 0.631. The van der Waals surface area contributed by atoms with Gasteiger partial charge in [0.05, 0.1) is 0 Å². The summed E-state index contributed by atoms with van der Waals surface area (Å²) in [5.41, 5.74) is 6.91. The average molecular weight is 264 g/mol. The number of nitrogens with zero attached hydrogens (tertiary/aromatic N) is 2. The number of carboxylic acid groups (broad SMARTS) is 1. The Morgan fingerprint density at radius 3 is 2.74 bits per heavy atom. The molecule has 6 nitrogen and oxygen atoms in total. The highest BCUT2D eigenvalue weighted by Gasteiger charge is 2.33. The molecule has 1 atom stereocenters. The standard InChI is InChI=1S/C13H17N3O3/c1-13(2,3)11(12(17)18)19-10-6-4-5-9(7-10)8-15-16-14/h4-7,11,14H,8H2,1-3H3/p+1. The minimum absolute atomic E-state index is 0.272. The second kappa shape index (κ2) is 6.11. The van der Waals surface area contributed by atoms with Crippen molar-refractivity contribution in [3.8, 4) is 5.75 Å². The van der Waals surface area contributed by atoms with Gasteiger partial charge in [0.15, 0.2) is 6.10 Å². The highest BCUT2D eigenvalue weighted by Crippen LogP contribution is 2.25. The van der Waals surface area contributed by atoms with Gasteiger partial charge in [-0.15, -0.1) is 0 Å². The van der Waals surface area contributed by atoms with Crippen molar-refractivity contribution in [3.63, 3.8) is 0 Å². The Balaban J connectivity index is 2.91. The topological polar surface area (TPSA) is 96.8 Å². The van der Waals surface area contributed by atoms with E-state index in [1.54, 1.807) is 18.2 Å². The molecule has 0 aromatic heterocycles. The molecule has 0 saturated heterocycles. The number of nitrogens with one attached hydrogen (secondary N) is 1. The summed E-state index contributed by atoms with van der Waals surface area (Å²) in [6.45, 7) is 5.70. The Bertz CT molecular complexity index is 502. The predicted octanol–water partition coefficient (Wildman–Crippen LogP) is 2.62.